The summed E-state index contributed by atoms with van der Waals surface area (Å²) in [7, 11) is 0. The summed E-state index contributed by atoms with van der Waals surface area (Å²) >= 11 is 1.45. The zero-order valence-corrected chi connectivity index (χ0v) is 16.4. The first-order valence-corrected chi connectivity index (χ1v) is 10.0. The molecule has 0 bridgehead atoms. The fraction of sp³-hybridized carbons (Fsp3) is 0.190. The van der Waals surface area contributed by atoms with Crippen molar-refractivity contribution in [1.82, 2.24) is 9.97 Å². The molecule has 2 heterocycles. The second kappa shape index (κ2) is 8.93. The summed E-state index contributed by atoms with van der Waals surface area (Å²) in [5.41, 5.74) is 2.35. The van der Waals surface area contributed by atoms with Crippen molar-refractivity contribution in [3.05, 3.63) is 66.4 Å². The third-order valence-electron chi connectivity index (χ3n) is 4.45. The van der Waals surface area contributed by atoms with Crippen LogP contribution >= 0.6 is 11.8 Å². The normalized spacial score (nSPS) is 13.9. The molecule has 7 nitrogen and oxygen atoms in total. The van der Waals surface area contributed by atoms with Crippen molar-refractivity contribution < 1.29 is 14.6 Å². The Morgan fingerprint density at radius 2 is 1.76 bits per heavy atom. The van der Waals surface area contributed by atoms with Gasteiger partial charge < -0.3 is 20.1 Å². The Balaban J connectivity index is 1.41. The van der Waals surface area contributed by atoms with E-state index in [0.29, 0.717) is 5.95 Å². The largest absolute Gasteiger partial charge is 0.478 e. The van der Waals surface area contributed by atoms with Crippen LogP contribution in [0.3, 0.4) is 0 Å². The van der Waals surface area contributed by atoms with Gasteiger partial charge in [-0.15, -0.1) is 0 Å². The molecule has 2 N–H and O–H groups in total. The molecule has 0 unspecified atom stereocenters. The number of nitrogens with one attached hydrogen (secondary N) is 1. The number of hydrogen-bond donors (Lipinski definition) is 2. The lowest BCUT2D eigenvalue weighted by atomic mass is 10.2. The minimum absolute atomic E-state index is 0.264. The zero-order valence-electron chi connectivity index (χ0n) is 15.6. The summed E-state index contributed by atoms with van der Waals surface area (Å²) in [6, 6.07) is 16.7. The van der Waals surface area contributed by atoms with Crippen molar-refractivity contribution >= 4 is 35.1 Å². The average molecular weight is 408 g/mol. The van der Waals surface area contributed by atoms with Gasteiger partial charge in [0.1, 0.15) is 5.03 Å². The van der Waals surface area contributed by atoms with Gasteiger partial charge >= 0.3 is 5.97 Å². The van der Waals surface area contributed by atoms with Crippen LogP contribution in [0.15, 0.2) is 70.7 Å². The van der Waals surface area contributed by atoms with E-state index in [0.717, 1.165) is 41.9 Å². The lowest BCUT2D eigenvalue weighted by Crippen LogP contribution is -2.36. The molecule has 0 saturated carbocycles. The first kappa shape index (κ1) is 19.2. The van der Waals surface area contributed by atoms with E-state index in [1.54, 1.807) is 30.5 Å². The number of aromatic nitrogens is 2. The number of carboxylic acid groups (broad SMARTS) is 1. The van der Waals surface area contributed by atoms with E-state index in [2.05, 4.69) is 32.3 Å². The van der Waals surface area contributed by atoms with Gasteiger partial charge in [-0.3, -0.25) is 0 Å². The number of nitrogens with zero attached hydrogens (tertiary/aromatic N) is 3. The average Bonchev–Trinajstić information content (AvgIpc) is 2.76. The number of rotatable bonds is 6. The SMILES string of the molecule is O=C(O)c1ccc(Sc2ccnc(Nc3ccc(N4CCOCC4)cc3)n2)cc1. The maximum Gasteiger partial charge on any atom is 0.335 e. The number of anilines is 3. The van der Waals surface area contributed by atoms with Gasteiger partial charge in [0.25, 0.3) is 0 Å². The molecular formula is C21H20N4O3S. The maximum atomic E-state index is 11.0. The van der Waals surface area contributed by atoms with Crippen LogP contribution in [-0.2, 0) is 4.74 Å². The number of ether oxygens (including phenoxy) is 1. The Kier molecular flexibility index (Phi) is 5.92. The van der Waals surface area contributed by atoms with Crippen LogP contribution in [0.5, 0.6) is 0 Å². The van der Waals surface area contributed by atoms with Crippen LogP contribution in [0.1, 0.15) is 10.4 Å². The summed E-state index contributed by atoms with van der Waals surface area (Å²) in [5, 5.41) is 13.0. The summed E-state index contributed by atoms with van der Waals surface area (Å²) in [6.07, 6.45) is 1.70. The molecule has 0 atom stereocenters. The fourth-order valence-corrected chi connectivity index (χ4v) is 3.73. The second-order valence-electron chi connectivity index (χ2n) is 6.42. The number of carboxylic acids is 1. The van der Waals surface area contributed by atoms with Gasteiger partial charge in [-0.05, 0) is 54.6 Å². The van der Waals surface area contributed by atoms with Crippen molar-refractivity contribution in [3.63, 3.8) is 0 Å². The summed E-state index contributed by atoms with van der Waals surface area (Å²) in [5.74, 6) is -0.425. The Morgan fingerprint density at radius 3 is 2.45 bits per heavy atom. The van der Waals surface area contributed by atoms with Crippen molar-refractivity contribution in [2.45, 2.75) is 9.92 Å². The summed E-state index contributed by atoms with van der Waals surface area (Å²) in [6.45, 7) is 3.33. The summed E-state index contributed by atoms with van der Waals surface area (Å²) < 4.78 is 5.40. The smallest absolute Gasteiger partial charge is 0.335 e. The molecular weight excluding hydrogens is 388 g/mol. The van der Waals surface area contributed by atoms with E-state index in [1.807, 2.05) is 18.2 Å². The number of benzene rings is 2. The maximum absolute atomic E-state index is 11.0. The molecule has 1 aliphatic heterocycles. The van der Waals surface area contributed by atoms with Crippen LogP contribution < -0.4 is 10.2 Å². The summed E-state index contributed by atoms with van der Waals surface area (Å²) in [4.78, 5) is 23.0. The minimum Gasteiger partial charge on any atom is -0.478 e. The highest BCUT2D eigenvalue weighted by Gasteiger charge is 2.11. The number of carbonyl (C=O) groups is 1. The second-order valence-corrected chi connectivity index (χ2v) is 7.52. The van der Waals surface area contributed by atoms with Crippen LogP contribution in [0.4, 0.5) is 17.3 Å². The lowest BCUT2D eigenvalue weighted by Gasteiger charge is -2.28. The van der Waals surface area contributed by atoms with E-state index < -0.39 is 5.97 Å². The molecule has 1 fully saturated rings. The first-order valence-electron chi connectivity index (χ1n) is 9.21. The van der Waals surface area contributed by atoms with Crippen molar-refractivity contribution in [2.75, 3.05) is 36.5 Å². The minimum atomic E-state index is -0.935. The van der Waals surface area contributed by atoms with Crippen LogP contribution in [0.25, 0.3) is 0 Å². The highest BCUT2D eigenvalue weighted by molar-refractivity contribution is 7.99. The van der Waals surface area contributed by atoms with Gasteiger partial charge in [-0.1, -0.05) is 11.8 Å². The predicted octanol–water partition coefficient (Wildman–Crippen LogP) is 3.91. The van der Waals surface area contributed by atoms with E-state index >= 15 is 0 Å². The molecule has 2 aromatic carbocycles. The van der Waals surface area contributed by atoms with E-state index in [9.17, 15) is 4.79 Å². The van der Waals surface area contributed by atoms with Crippen LogP contribution in [0, 0.1) is 0 Å². The molecule has 0 spiro atoms. The third kappa shape index (κ3) is 5.04. The van der Waals surface area contributed by atoms with Gasteiger partial charge in [-0.25, -0.2) is 14.8 Å². The van der Waals surface area contributed by atoms with Crippen molar-refractivity contribution in [1.29, 1.82) is 0 Å². The molecule has 4 rings (SSSR count). The first-order chi connectivity index (χ1) is 14.2. The van der Waals surface area contributed by atoms with E-state index in [-0.39, 0.29) is 5.56 Å². The Bertz CT molecular complexity index is 974. The van der Waals surface area contributed by atoms with Gasteiger partial charge in [0, 0.05) is 35.6 Å². The number of hydrogen-bond acceptors (Lipinski definition) is 7. The molecule has 148 valence electrons. The Hall–Kier alpha value is -3.10. The highest BCUT2D eigenvalue weighted by atomic mass is 32.2. The highest BCUT2D eigenvalue weighted by Crippen LogP contribution is 2.27. The molecule has 0 amide bonds. The van der Waals surface area contributed by atoms with E-state index in [4.69, 9.17) is 9.84 Å². The molecule has 1 aliphatic rings. The Labute approximate surface area is 172 Å². The molecule has 1 aromatic heterocycles. The zero-order chi connectivity index (χ0) is 20.1. The van der Waals surface area contributed by atoms with Crippen molar-refractivity contribution in [3.8, 4) is 0 Å². The molecule has 0 radical (unpaired) electrons. The molecule has 1 saturated heterocycles. The van der Waals surface area contributed by atoms with Gasteiger partial charge in [0.15, 0.2) is 0 Å². The molecule has 29 heavy (non-hydrogen) atoms. The monoisotopic (exact) mass is 408 g/mol. The molecule has 8 heteroatoms. The predicted molar refractivity (Wildman–Crippen MR) is 112 cm³/mol. The quantitative estimate of drug-likeness (QED) is 0.594. The Morgan fingerprint density at radius 1 is 1.03 bits per heavy atom. The third-order valence-corrected chi connectivity index (χ3v) is 5.40. The van der Waals surface area contributed by atoms with E-state index in [1.165, 1.54) is 17.4 Å². The topological polar surface area (TPSA) is 87.6 Å². The van der Waals surface area contributed by atoms with Gasteiger partial charge in [0.2, 0.25) is 5.95 Å². The molecule has 3 aromatic rings. The standard InChI is InChI=1S/C21H20N4O3S/c26-20(27)15-1-7-18(8-2-15)29-19-9-10-22-21(24-19)23-16-3-5-17(6-4-16)25-11-13-28-14-12-25/h1-10H,11-14H2,(H,26,27)(H,22,23,24). The fourth-order valence-electron chi connectivity index (χ4n) is 2.95. The number of morpholine rings is 1. The van der Waals surface area contributed by atoms with Gasteiger partial charge in [0.05, 0.1) is 18.8 Å². The van der Waals surface area contributed by atoms with Crippen molar-refractivity contribution in [2.24, 2.45) is 0 Å². The van der Waals surface area contributed by atoms with Crippen LogP contribution in [0.2, 0.25) is 0 Å². The van der Waals surface area contributed by atoms with Gasteiger partial charge in [-0.2, -0.15) is 0 Å². The number of aromatic carboxylic acids is 1. The molecule has 0 aliphatic carbocycles. The van der Waals surface area contributed by atoms with Crippen LogP contribution in [-0.4, -0.2) is 47.3 Å². The lowest BCUT2D eigenvalue weighted by molar-refractivity contribution is 0.0697.